The van der Waals surface area contributed by atoms with Gasteiger partial charge in [0.25, 0.3) is 5.79 Å². The van der Waals surface area contributed by atoms with Gasteiger partial charge in [-0.3, -0.25) is 4.79 Å². The number of ether oxygens (including phenoxy) is 5. The Balaban J connectivity index is 0.000000282. The standard InChI is InChI=1S/C25H20N2O5S.C9H10O3/c1-30-21-11-8-15(13-22(21)31-2)12-18-23(16-9-10-19-20(14-16)27-33-26-19)24(28)32-25(18,29)17-6-4-3-5-7-17;1-11-8-4-3-7(6-10)5-9(8)12-2/h3-11,13-14,29H,12H2,1-2H3;3-6H,1-2H3. The van der Waals surface area contributed by atoms with Crippen LogP contribution in [0.25, 0.3) is 16.6 Å². The Labute approximate surface area is 263 Å². The average Bonchev–Trinajstić information content (AvgIpc) is 3.66. The van der Waals surface area contributed by atoms with Crippen molar-refractivity contribution in [3.8, 4) is 23.0 Å². The SMILES string of the molecule is COc1ccc(C=O)cc1OC.COc1ccc(CC2=C(c3ccc4nsnc4c3)C(=O)OC2(O)c2ccccc2)cc1OC. The number of hydrogen-bond donors (Lipinski definition) is 1. The fourth-order valence-electron chi connectivity index (χ4n) is 5.00. The highest BCUT2D eigenvalue weighted by Gasteiger charge is 2.48. The van der Waals surface area contributed by atoms with Gasteiger partial charge < -0.3 is 28.8 Å². The predicted molar refractivity (Wildman–Crippen MR) is 169 cm³/mol. The Kier molecular flexibility index (Phi) is 9.41. The zero-order valence-corrected chi connectivity index (χ0v) is 25.8. The quantitative estimate of drug-likeness (QED) is 0.163. The molecule has 6 rings (SSSR count). The fraction of sp³-hybridized carbons (Fsp3) is 0.176. The summed E-state index contributed by atoms with van der Waals surface area (Å²) in [4.78, 5) is 23.5. The third kappa shape index (κ3) is 6.35. The molecule has 0 fully saturated rings. The number of methoxy groups -OCH3 is 4. The number of carbonyl (C=O) groups excluding carboxylic acids is 2. The largest absolute Gasteiger partial charge is 0.493 e. The van der Waals surface area contributed by atoms with Gasteiger partial charge in [0, 0.05) is 23.1 Å². The number of aliphatic hydroxyl groups is 1. The third-order valence-corrected chi connectivity index (χ3v) is 7.79. The number of benzene rings is 4. The summed E-state index contributed by atoms with van der Waals surface area (Å²) in [5.74, 6) is -0.157. The zero-order valence-electron chi connectivity index (χ0n) is 25.0. The molecule has 1 aromatic heterocycles. The number of nitrogens with zero attached hydrogens (tertiary/aromatic N) is 2. The van der Waals surface area contributed by atoms with Crippen LogP contribution in [0.5, 0.6) is 23.0 Å². The number of cyclic esters (lactones) is 1. The number of fused-ring (bicyclic) bond motifs is 1. The van der Waals surface area contributed by atoms with Gasteiger partial charge in [0.1, 0.15) is 17.3 Å². The second-order valence-corrected chi connectivity index (χ2v) is 10.3. The fourth-order valence-corrected chi connectivity index (χ4v) is 5.51. The molecular formula is C34H30N2O8S. The summed E-state index contributed by atoms with van der Waals surface area (Å²) in [6, 6.07) is 24.8. The molecule has 1 atom stereocenters. The Hall–Kier alpha value is -5.26. The summed E-state index contributed by atoms with van der Waals surface area (Å²) in [6.45, 7) is 0. The molecule has 230 valence electrons. The van der Waals surface area contributed by atoms with Crippen LogP contribution in [0.1, 0.15) is 27.0 Å². The summed E-state index contributed by atoms with van der Waals surface area (Å²) >= 11 is 1.11. The summed E-state index contributed by atoms with van der Waals surface area (Å²) in [5.41, 5.74) is 4.66. The highest BCUT2D eigenvalue weighted by atomic mass is 32.1. The van der Waals surface area contributed by atoms with Gasteiger partial charge in [-0.1, -0.05) is 42.5 Å². The molecule has 2 heterocycles. The third-order valence-electron chi connectivity index (χ3n) is 7.24. The van der Waals surface area contributed by atoms with Gasteiger partial charge in [-0.15, -0.1) is 0 Å². The van der Waals surface area contributed by atoms with Crippen molar-refractivity contribution in [2.45, 2.75) is 12.2 Å². The number of esters is 1. The second kappa shape index (κ2) is 13.6. The van der Waals surface area contributed by atoms with Crippen LogP contribution in [0.3, 0.4) is 0 Å². The first-order valence-electron chi connectivity index (χ1n) is 13.7. The van der Waals surface area contributed by atoms with Gasteiger partial charge in [-0.05, 0) is 53.6 Å². The van der Waals surface area contributed by atoms with Crippen molar-refractivity contribution in [3.63, 3.8) is 0 Å². The van der Waals surface area contributed by atoms with Gasteiger partial charge in [-0.2, -0.15) is 8.75 Å². The number of rotatable bonds is 9. The molecule has 4 aromatic carbocycles. The van der Waals surface area contributed by atoms with Crippen LogP contribution in [0.4, 0.5) is 0 Å². The van der Waals surface area contributed by atoms with E-state index in [0.717, 1.165) is 29.1 Å². The van der Waals surface area contributed by atoms with Crippen LogP contribution >= 0.6 is 11.7 Å². The molecule has 1 unspecified atom stereocenters. The average molecular weight is 627 g/mol. The minimum Gasteiger partial charge on any atom is -0.493 e. The minimum atomic E-state index is -1.91. The molecule has 0 saturated carbocycles. The number of aldehydes is 1. The first kappa shape index (κ1) is 31.2. The van der Waals surface area contributed by atoms with Crippen molar-refractivity contribution >= 4 is 40.6 Å². The van der Waals surface area contributed by atoms with Gasteiger partial charge in [0.15, 0.2) is 23.0 Å². The van der Waals surface area contributed by atoms with Crippen LogP contribution in [0, 0.1) is 0 Å². The van der Waals surface area contributed by atoms with E-state index in [4.69, 9.17) is 23.7 Å². The number of carbonyl (C=O) groups is 2. The lowest BCUT2D eigenvalue weighted by molar-refractivity contribution is -0.185. The smallest absolute Gasteiger partial charge is 0.342 e. The lowest BCUT2D eigenvalue weighted by Crippen LogP contribution is -2.29. The van der Waals surface area contributed by atoms with Crippen molar-refractivity contribution in [2.75, 3.05) is 28.4 Å². The molecule has 0 spiro atoms. The molecule has 0 saturated heterocycles. The van der Waals surface area contributed by atoms with Gasteiger partial charge in [-0.25, -0.2) is 4.79 Å². The topological polar surface area (TPSA) is 126 Å². The molecule has 10 nitrogen and oxygen atoms in total. The molecule has 0 aliphatic carbocycles. The predicted octanol–water partition coefficient (Wildman–Crippen LogP) is 5.62. The van der Waals surface area contributed by atoms with E-state index in [0.29, 0.717) is 56.4 Å². The van der Waals surface area contributed by atoms with E-state index >= 15 is 0 Å². The van der Waals surface area contributed by atoms with E-state index < -0.39 is 11.8 Å². The van der Waals surface area contributed by atoms with Gasteiger partial charge in [0.2, 0.25) is 0 Å². The van der Waals surface area contributed by atoms with Crippen LogP contribution in [-0.4, -0.2) is 54.5 Å². The van der Waals surface area contributed by atoms with Crippen LogP contribution < -0.4 is 18.9 Å². The van der Waals surface area contributed by atoms with E-state index in [1.807, 2.05) is 24.3 Å². The van der Waals surface area contributed by atoms with E-state index in [1.54, 1.807) is 82.0 Å². The molecule has 1 N–H and O–H groups in total. The maximum Gasteiger partial charge on any atom is 0.342 e. The van der Waals surface area contributed by atoms with Gasteiger partial charge in [0.05, 0.1) is 45.7 Å². The Bertz CT molecular complexity index is 1870. The molecule has 11 heteroatoms. The highest BCUT2D eigenvalue weighted by molar-refractivity contribution is 7.00. The molecule has 1 aliphatic rings. The van der Waals surface area contributed by atoms with Crippen molar-refractivity contribution < 1.29 is 38.4 Å². The minimum absolute atomic E-state index is 0.250. The van der Waals surface area contributed by atoms with Crippen LogP contribution in [-0.2, 0) is 21.7 Å². The highest BCUT2D eigenvalue weighted by Crippen LogP contribution is 2.45. The lowest BCUT2D eigenvalue weighted by atomic mass is 9.88. The molecular weight excluding hydrogens is 596 g/mol. The summed E-state index contributed by atoms with van der Waals surface area (Å²) in [6.07, 6.45) is 1.02. The zero-order chi connectivity index (χ0) is 32.0. The Morgan fingerprint density at radius 2 is 1.42 bits per heavy atom. The maximum atomic E-state index is 13.1. The first-order chi connectivity index (χ1) is 21.8. The lowest BCUT2D eigenvalue weighted by Gasteiger charge is -2.25. The second-order valence-electron chi connectivity index (χ2n) is 9.82. The summed E-state index contributed by atoms with van der Waals surface area (Å²) in [5, 5.41) is 11.7. The summed E-state index contributed by atoms with van der Waals surface area (Å²) in [7, 11) is 6.22. The van der Waals surface area contributed by atoms with Crippen molar-refractivity contribution in [2.24, 2.45) is 0 Å². The van der Waals surface area contributed by atoms with E-state index in [2.05, 4.69) is 8.75 Å². The van der Waals surface area contributed by atoms with Crippen molar-refractivity contribution in [3.05, 3.63) is 113 Å². The van der Waals surface area contributed by atoms with Crippen LogP contribution in [0.2, 0.25) is 0 Å². The Morgan fingerprint density at radius 1 is 0.778 bits per heavy atom. The summed E-state index contributed by atoms with van der Waals surface area (Å²) < 4.78 is 34.9. The van der Waals surface area contributed by atoms with E-state index in [9.17, 15) is 14.7 Å². The van der Waals surface area contributed by atoms with Crippen LogP contribution in [0.15, 0.2) is 90.5 Å². The molecule has 0 radical (unpaired) electrons. The molecule has 45 heavy (non-hydrogen) atoms. The van der Waals surface area contributed by atoms with E-state index in [-0.39, 0.29) is 6.42 Å². The molecule has 0 bridgehead atoms. The molecule has 0 amide bonds. The van der Waals surface area contributed by atoms with Gasteiger partial charge >= 0.3 is 5.97 Å². The monoisotopic (exact) mass is 626 g/mol. The number of aromatic nitrogens is 2. The van der Waals surface area contributed by atoms with E-state index in [1.165, 1.54) is 7.11 Å². The van der Waals surface area contributed by atoms with Crippen molar-refractivity contribution in [1.82, 2.24) is 8.75 Å². The maximum absolute atomic E-state index is 13.1. The van der Waals surface area contributed by atoms with Crippen molar-refractivity contribution in [1.29, 1.82) is 0 Å². The molecule has 5 aromatic rings. The Morgan fingerprint density at radius 3 is 2.09 bits per heavy atom. The number of hydrogen-bond acceptors (Lipinski definition) is 11. The first-order valence-corrected chi connectivity index (χ1v) is 14.4. The molecule has 1 aliphatic heterocycles. The normalized spacial score (nSPS) is 15.6.